The molecule has 106 valence electrons. The molecule has 1 aromatic carbocycles. The van der Waals surface area contributed by atoms with Gasteiger partial charge in [-0.1, -0.05) is 37.6 Å². The number of hydrogen-bond donors (Lipinski definition) is 1. The summed E-state index contributed by atoms with van der Waals surface area (Å²) in [4.78, 5) is 0. The van der Waals surface area contributed by atoms with Crippen molar-refractivity contribution in [3.8, 4) is 0 Å². The van der Waals surface area contributed by atoms with E-state index in [0.29, 0.717) is 6.04 Å². The van der Waals surface area contributed by atoms with E-state index in [9.17, 15) is 0 Å². The van der Waals surface area contributed by atoms with Gasteiger partial charge in [0.15, 0.2) is 0 Å². The first-order chi connectivity index (χ1) is 9.79. The van der Waals surface area contributed by atoms with E-state index >= 15 is 0 Å². The van der Waals surface area contributed by atoms with Gasteiger partial charge >= 0.3 is 0 Å². The van der Waals surface area contributed by atoms with Crippen LogP contribution in [0, 0.1) is 0 Å². The van der Waals surface area contributed by atoms with Crippen molar-refractivity contribution >= 4 is 27.3 Å². The predicted octanol–water partition coefficient (Wildman–Crippen LogP) is 5.48. The lowest BCUT2D eigenvalue weighted by molar-refractivity contribution is 0.414. The van der Waals surface area contributed by atoms with Crippen LogP contribution in [0.25, 0.3) is 0 Å². The fourth-order valence-electron chi connectivity index (χ4n) is 2.95. The predicted molar refractivity (Wildman–Crippen MR) is 90.6 cm³/mol. The molecule has 1 fully saturated rings. The van der Waals surface area contributed by atoms with Crippen LogP contribution in [0.5, 0.6) is 0 Å². The maximum atomic E-state index is 3.66. The van der Waals surface area contributed by atoms with E-state index in [1.165, 1.54) is 34.2 Å². The summed E-state index contributed by atoms with van der Waals surface area (Å²) < 4.78 is 1.21. The molecule has 20 heavy (non-hydrogen) atoms. The normalized spacial score (nSPS) is 16.9. The first kappa shape index (κ1) is 14.3. The van der Waals surface area contributed by atoms with Crippen molar-refractivity contribution in [2.75, 3.05) is 6.54 Å². The second kappa shape index (κ2) is 6.42. The molecule has 3 rings (SSSR count). The minimum absolute atomic E-state index is 0.319. The number of thiophene rings is 1. The highest BCUT2D eigenvalue weighted by Gasteiger charge is 2.25. The summed E-state index contributed by atoms with van der Waals surface area (Å²) in [5, 5.41) is 5.92. The molecule has 0 radical (unpaired) electrons. The number of nitrogens with one attached hydrogen (secondary N) is 1. The molecule has 1 saturated carbocycles. The molecule has 0 amide bonds. The van der Waals surface area contributed by atoms with Gasteiger partial charge in [-0.05, 0) is 69.4 Å². The van der Waals surface area contributed by atoms with E-state index in [0.717, 1.165) is 12.5 Å². The molecule has 1 aromatic heterocycles. The largest absolute Gasteiger partial charge is 0.306 e. The second-order valence-corrected chi connectivity index (χ2v) is 7.72. The Hall–Kier alpha value is -0.640. The maximum absolute atomic E-state index is 3.66. The second-order valence-electron chi connectivity index (χ2n) is 5.43. The molecule has 1 heterocycles. The molecule has 0 spiro atoms. The molecular formula is C17H20BrNS. The number of halogens is 1. The average molecular weight is 350 g/mol. The van der Waals surface area contributed by atoms with Gasteiger partial charge in [-0.25, -0.2) is 0 Å². The van der Waals surface area contributed by atoms with Crippen LogP contribution < -0.4 is 5.32 Å². The van der Waals surface area contributed by atoms with E-state index in [4.69, 9.17) is 0 Å². The third kappa shape index (κ3) is 2.85. The summed E-state index contributed by atoms with van der Waals surface area (Å²) in [5.74, 6) is 0.773. The van der Waals surface area contributed by atoms with E-state index in [-0.39, 0.29) is 0 Å². The Morgan fingerprint density at radius 3 is 2.75 bits per heavy atom. The Kier molecular flexibility index (Phi) is 4.59. The quantitative estimate of drug-likeness (QED) is 0.753. The zero-order valence-electron chi connectivity index (χ0n) is 11.7. The van der Waals surface area contributed by atoms with Gasteiger partial charge in [0.05, 0.1) is 9.83 Å². The summed E-state index contributed by atoms with van der Waals surface area (Å²) in [5.41, 5.74) is 4.38. The summed E-state index contributed by atoms with van der Waals surface area (Å²) in [6.45, 7) is 3.16. The van der Waals surface area contributed by atoms with Crippen molar-refractivity contribution in [2.45, 2.75) is 38.1 Å². The summed E-state index contributed by atoms with van der Waals surface area (Å²) in [7, 11) is 0. The van der Waals surface area contributed by atoms with Gasteiger partial charge in [-0.15, -0.1) is 11.3 Å². The van der Waals surface area contributed by atoms with Gasteiger partial charge in [0, 0.05) is 0 Å². The first-order valence-corrected chi connectivity index (χ1v) is 9.03. The van der Waals surface area contributed by atoms with Crippen molar-refractivity contribution in [2.24, 2.45) is 0 Å². The van der Waals surface area contributed by atoms with Gasteiger partial charge in [-0.2, -0.15) is 0 Å². The molecule has 1 aliphatic carbocycles. The van der Waals surface area contributed by atoms with Crippen LogP contribution in [0.3, 0.4) is 0 Å². The fraction of sp³-hybridized carbons (Fsp3) is 0.412. The summed E-state index contributed by atoms with van der Waals surface area (Å²) in [6.07, 6.45) is 4.08. The molecule has 0 saturated heterocycles. The lowest BCUT2D eigenvalue weighted by Crippen LogP contribution is -2.24. The van der Waals surface area contributed by atoms with Crippen LogP contribution in [-0.2, 0) is 0 Å². The SMILES string of the molecule is CCNC(c1csc(Br)c1)c1ccccc1C1CCC1. The van der Waals surface area contributed by atoms with E-state index in [1.807, 2.05) is 0 Å². The van der Waals surface area contributed by atoms with Crippen LogP contribution in [0.2, 0.25) is 0 Å². The van der Waals surface area contributed by atoms with Gasteiger partial charge < -0.3 is 5.32 Å². The number of benzene rings is 1. The highest BCUT2D eigenvalue weighted by Crippen LogP contribution is 2.41. The van der Waals surface area contributed by atoms with Gasteiger partial charge in [0.1, 0.15) is 0 Å². The Labute approximate surface area is 133 Å². The first-order valence-electron chi connectivity index (χ1n) is 7.35. The molecule has 1 aliphatic rings. The van der Waals surface area contributed by atoms with Crippen LogP contribution in [-0.4, -0.2) is 6.54 Å². The molecule has 2 aromatic rings. The minimum Gasteiger partial charge on any atom is -0.306 e. The van der Waals surface area contributed by atoms with Crippen LogP contribution >= 0.6 is 27.3 Å². The van der Waals surface area contributed by atoms with Crippen molar-refractivity contribution in [3.63, 3.8) is 0 Å². The monoisotopic (exact) mass is 349 g/mol. The Morgan fingerprint density at radius 1 is 1.35 bits per heavy atom. The fourth-order valence-corrected chi connectivity index (χ4v) is 4.15. The Bertz CT molecular complexity index is 574. The third-order valence-electron chi connectivity index (χ3n) is 4.18. The zero-order valence-corrected chi connectivity index (χ0v) is 14.1. The number of rotatable bonds is 5. The highest BCUT2D eigenvalue weighted by atomic mass is 79.9. The molecule has 1 N–H and O–H groups in total. The zero-order chi connectivity index (χ0) is 13.9. The standard InChI is InChI=1S/C17H20BrNS/c1-2-19-17(13-10-16(18)20-11-13)15-9-4-3-8-14(15)12-6-5-7-12/h3-4,8-12,17,19H,2,5-7H2,1H3. The van der Waals surface area contributed by atoms with E-state index in [1.54, 1.807) is 16.9 Å². The van der Waals surface area contributed by atoms with Crippen molar-refractivity contribution in [3.05, 3.63) is 56.2 Å². The van der Waals surface area contributed by atoms with Gasteiger partial charge in [0.2, 0.25) is 0 Å². The third-order valence-corrected chi connectivity index (χ3v) is 5.70. The topological polar surface area (TPSA) is 12.0 Å². The molecule has 1 nitrogen and oxygen atoms in total. The van der Waals surface area contributed by atoms with E-state index in [2.05, 4.69) is 63.9 Å². The van der Waals surface area contributed by atoms with Crippen LogP contribution in [0.15, 0.2) is 39.5 Å². The lowest BCUT2D eigenvalue weighted by Gasteiger charge is -2.30. The highest BCUT2D eigenvalue weighted by molar-refractivity contribution is 9.11. The summed E-state index contributed by atoms with van der Waals surface area (Å²) in [6, 6.07) is 11.5. The van der Waals surface area contributed by atoms with Gasteiger partial charge in [-0.3, -0.25) is 0 Å². The maximum Gasteiger partial charge on any atom is 0.0701 e. The smallest absolute Gasteiger partial charge is 0.0701 e. The van der Waals surface area contributed by atoms with Crippen molar-refractivity contribution in [1.29, 1.82) is 0 Å². The van der Waals surface area contributed by atoms with Crippen LogP contribution in [0.4, 0.5) is 0 Å². The average Bonchev–Trinajstić information content (AvgIpc) is 2.81. The lowest BCUT2D eigenvalue weighted by atomic mass is 9.76. The Morgan fingerprint density at radius 2 is 2.15 bits per heavy atom. The minimum atomic E-state index is 0.319. The molecule has 3 heteroatoms. The number of hydrogen-bond acceptors (Lipinski definition) is 2. The molecular weight excluding hydrogens is 330 g/mol. The van der Waals surface area contributed by atoms with Crippen LogP contribution in [0.1, 0.15) is 54.8 Å². The van der Waals surface area contributed by atoms with E-state index < -0.39 is 0 Å². The molecule has 0 aliphatic heterocycles. The molecule has 1 unspecified atom stereocenters. The Balaban J connectivity index is 1.98. The van der Waals surface area contributed by atoms with Crippen molar-refractivity contribution in [1.82, 2.24) is 5.32 Å². The summed E-state index contributed by atoms with van der Waals surface area (Å²) >= 11 is 5.35. The molecule has 1 atom stereocenters. The molecule has 0 bridgehead atoms. The van der Waals surface area contributed by atoms with Gasteiger partial charge in [0.25, 0.3) is 0 Å². The van der Waals surface area contributed by atoms with Crippen molar-refractivity contribution < 1.29 is 0 Å².